The monoisotopic (exact) mass is 365 g/mol. The number of methoxy groups -OCH3 is 1. The zero-order valence-electron chi connectivity index (χ0n) is 15.9. The van der Waals surface area contributed by atoms with Crippen LogP contribution in [0.3, 0.4) is 0 Å². The number of piperidine rings is 1. The van der Waals surface area contributed by atoms with Gasteiger partial charge in [0.1, 0.15) is 17.8 Å². The lowest BCUT2D eigenvalue weighted by molar-refractivity contribution is -0.111. The fraction of sp³-hybridized carbons (Fsp3) is 0.435. The number of ether oxygens (including phenoxy) is 1. The normalized spacial score (nSPS) is 20.2. The highest BCUT2D eigenvalue weighted by Gasteiger charge is 2.26. The molecule has 0 amide bonds. The summed E-state index contributed by atoms with van der Waals surface area (Å²) < 4.78 is 5.78. The van der Waals surface area contributed by atoms with E-state index in [1.54, 1.807) is 13.2 Å². The lowest BCUT2D eigenvalue weighted by Gasteiger charge is -2.33. The van der Waals surface area contributed by atoms with Crippen LogP contribution >= 0.6 is 0 Å². The van der Waals surface area contributed by atoms with Gasteiger partial charge in [-0.3, -0.25) is 0 Å². The van der Waals surface area contributed by atoms with E-state index < -0.39 is 0 Å². The molecule has 0 bridgehead atoms. The SMILES string of the molecule is COc1cc(N2CCC(C=O)CC2)ccc1[C@@H]1CCCc2cc(O)ccc21. The van der Waals surface area contributed by atoms with Crippen LogP contribution < -0.4 is 9.64 Å². The van der Waals surface area contributed by atoms with Gasteiger partial charge in [-0.2, -0.15) is 0 Å². The maximum absolute atomic E-state index is 11.0. The Morgan fingerprint density at radius 1 is 1.07 bits per heavy atom. The lowest BCUT2D eigenvalue weighted by atomic mass is 9.78. The van der Waals surface area contributed by atoms with Crippen LogP contribution in [-0.4, -0.2) is 31.6 Å². The quantitative estimate of drug-likeness (QED) is 0.822. The Morgan fingerprint density at radius 2 is 1.85 bits per heavy atom. The van der Waals surface area contributed by atoms with Crippen LogP contribution in [0.5, 0.6) is 11.5 Å². The molecule has 0 aromatic heterocycles. The predicted molar refractivity (Wildman–Crippen MR) is 107 cm³/mol. The first kappa shape index (κ1) is 17.9. The number of rotatable bonds is 4. The molecule has 2 aromatic rings. The molecule has 1 saturated heterocycles. The minimum Gasteiger partial charge on any atom is -0.508 e. The summed E-state index contributed by atoms with van der Waals surface area (Å²) >= 11 is 0. The van der Waals surface area contributed by atoms with Crippen LogP contribution in [0, 0.1) is 5.92 Å². The standard InChI is InChI=1S/C23H27NO3/c1-27-23-14-18(24-11-9-16(15-25)10-12-24)5-7-22(23)21-4-2-3-17-13-19(26)6-8-20(17)21/h5-8,13-16,21,26H,2-4,9-12H2,1H3/t21-/m1/s1. The Bertz CT molecular complexity index is 824. The zero-order chi connectivity index (χ0) is 18.8. The van der Waals surface area contributed by atoms with Crippen LogP contribution in [0.15, 0.2) is 36.4 Å². The smallest absolute Gasteiger partial charge is 0.124 e. The minimum absolute atomic E-state index is 0.206. The fourth-order valence-electron chi connectivity index (χ4n) is 4.60. The molecule has 0 spiro atoms. The maximum Gasteiger partial charge on any atom is 0.124 e. The van der Waals surface area contributed by atoms with Gasteiger partial charge in [0.05, 0.1) is 7.11 Å². The minimum atomic E-state index is 0.206. The largest absolute Gasteiger partial charge is 0.508 e. The van der Waals surface area contributed by atoms with Crippen molar-refractivity contribution < 1.29 is 14.6 Å². The van der Waals surface area contributed by atoms with Crippen molar-refractivity contribution in [3.8, 4) is 11.5 Å². The Hall–Kier alpha value is -2.49. The molecule has 2 aromatic carbocycles. The number of nitrogens with zero attached hydrogens (tertiary/aromatic N) is 1. The van der Waals surface area contributed by atoms with E-state index in [-0.39, 0.29) is 5.92 Å². The van der Waals surface area contributed by atoms with E-state index >= 15 is 0 Å². The molecule has 142 valence electrons. The first-order valence-corrected chi connectivity index (χ1v) is 9.89. The number of fused-ring (bicyclic) bond motifs is 1. The molecule has 4 heteroatoms. The number of benzene rings is 2. The number of carbonyl (C=O) groups is 1. The molecule has 1 aliphatic heterocycles. The molecule has 1 aliphatic carbocycles. The number of phenols is 1. The van der Waals surface area contributed by atoms with Crippen molar-refractivity contribution in [1.82, 2.24) is 0 Å². The summed E-state index contributed by atoms with van der Waals surface area (Å²) in [6, 6.07) is 12.3. The predicted octanol–water partition coefficient (Wildman–Crippen LogP) is 4.28. The number of aryl methyl sites for hydroxylation is 1. The summed E-state index contributed by atoms with van der Waals surface area (Å²) in [4.78, 5) is 13.3. The van der Waals surface area contributed by atoms with Crippen molar-refractivity contribution in [3.05, 3.63) is 53.1 Å². The molecule has 1 heterocycles. The van der Waals surface area contributed by atoms with Gasteiger partial charge < -0.3 is 19.5 Å². The van der Waals surface area contributed by atoms with Gasteiger partial charge in [-0.1, -0.05) is 12.1 Å². The molecular formula is C23H27NO3. The van der Waals surface area contributed by atoms with E-state index in [4.69, 9.17) is 4.74 Å². The van der Waals surface area contributed by atoms with Crippen molar-refractivity contribution >= 4 is 12.0 Å². The third-order valence-corrected chi connectivity index (χ3v) is 6.13. The topological polar surface area (TPSA) is 49.8 Å². The second-order valence-corrected chi connectivity index (χ2v) is 7.71. The van der Waals surface area contributed by atoms with Crippen molar-refractivity contribution in [2.45, 2.75) is 38.0 Å². The molecule has 0 radical (unpaired) electrons. The van der Waals surface area contributed by atoms with Crippen molar-refractivity contribution in [3.63, 3.8) is 0 Å². The average Bonchev–Trinajstić information content (AvgIpc) is 2.72. The molecule has 2 aliphatic rings. The van der Waals surface area contributed by atoms with Crippen LogP contribution in [0.25, 0.3) is 0 Å². The van der Waals surface area contributed by atoms with Gasteiger partial charge in [0.2, 0.25) is 0 Å². The Kier molecular flexibility index (Phi) is 5.06. The fourth-order valence-corrected chi connectivity index (χ4v) is 4.60. The van der Waals surface area contributed by atoms with Gasteiger partial charge in [-0.05, 0) is 61.4 Å². The van der Waals surface area contributed by atoms with E-state index in [2.05, 4.69) is 29.2 Å². The summed E-state index contributed by atoms with van der Waals surface area (Å²) in [6.45, 7) is 1.83. The Balaban J connectivity index is 1.63. The van der Waals surface area contributed by atoms with Gasteiger partial charge in [-0.15, -0.1) is 0 Å². The van der Waals surface area contributed by atoms with Gasteiger partial charge in [0.15, 0.2) is 0 Å². The van der Waals surface area contributed by atoms with Crippen molar-refractivity contribution in [1.29, 1.82) is 0 Å². The summed E-state index contributed by atoms with van der Waals surface area (Å²) in [5, 5.41) is 9.81. The van der Waals surface area contributed by atoms with Gasteiger partial charge in [-0.25, -0.2) is 0 Å². The highest BCUT2D eigenvalue weighted by atomic mass is 16.5. The number of carbonyl (C=O) groups excluding carboxylic acids is 1. The third kappa shape index (κ3) is 3.53. The number of hydrogen-bond acceptors (Lipinski definition) is 4. The average molecular weight is 365 g/mol. The zero-order valence-corrected chi connectivity index (χ0v) is 15.9. The molecule has 27 heavy (non-hydrogen) atoms. The van der Waals surface area contributed by atoms with Crippen LogP contribution in [0.1, 0.15) is 48.3 Å². The van der Waals surface area contributed by atoms with Gasteiger partial charge in [0.25, 0.3) is 0 Å². The number of aldehydes is 1. The maximum atomic E-state index is 11.0. The Morgan fingerprint density at radius 3 is 2.59 bits per heavy atom. The second kappa shape index (κ2) is 7.63. The van der Waals surface area contributed by atoms with Crippen LogP contribution in [-0.2, 0) is 11.2 Å². The molecular weight excluding hydrogens is 338 g/mol. The van der Waals surface area contributed by atoms with Crippen LogP contribution in [0.2, 0.25) is 0 Å². The van der Waals surface area contributed by atoms with E-state index in [1.165, 1.54) is 22.4 Å². The van der Waals surface area contributed by atoms with Crippen molar-refractivity contribution in [2.24, 2.45) is 5.92 Å². The molecule has 1 fully saturated rings. The first-order valence-electron chi connectivity index (χ1n) is 9.89. The summed E-state index contributed by atoms with van der Waals surface area (Å²) in [5.41, 5.74) is 4.93. The Labute approximate surface area is 160 Å². The molecule has 4 nitrogen and oxygen atoms in total. The molecule has 1 N–H and O–H groups in total. The summed E-state index contributed by atoms with van der Waals surface area (Å²) in [6.07, 6.45) is 6.18. The number of phenolic OH excluding ortho intramolecular Hbond substituents is 1. The van der Waals surface area contributed by atoms with Crippen LogP contribution in [0.4, 0.5) is 5.69 Å². The molecule has 0 saturated carbocycles. The van der Waals surface area contributed by atoms with E-state index in [1.807, 2.05) is 6.07 Å². The summed E-state index contributed by atoms with van der Waals surface area (Å²) in [5.74, 6) is 1.78. The third-order valence-electron chi connectivity index (χ3n) is 6.13. The number of hydrogen-bond donors (Lipinski definition) is 1. The summed E-state index contributed by atoms with van der Waals surface area (Å²) in [7, 11) is 1.74. The van der Waals surface area contributed by atoms with E-state index in [0.29, 0.717) is 11.7 Å². The van der Waals surface area contributed by atoms with Crippen molar-refractivity contribution in [2.75, 3.05) is 25.1 Å². The molecule has 0 unspecified atom stereocenters. The van der Waals surface area contributed by atoms with E-state index in [0.717, 1.165) is 57.2 Å². The highest BCUT2D eigenvalue weighted by molar-refractivity contribution is 5.59. The first-order chi connectivity index (χ1) is 13.2. The molecule has 1 atom stereocenters. The second-order valence-electron chi connectivity index (χ2n) is 7.71. The lowest BCUT2D eigenvalue weighted by Crippen LogP contribution is -2.34. The highest BCUT2D eigenvalue weighted by Crippen LogP contribution is 2.42. The van der Waals surface area contributed by atoms with Gasteiger partial charge >= 0.3 is 0 Å². The molecule has 4 rings (SSSR count). The number of anilines is 1. The van der Waals surface area contributed by atoms with Gasteiger partial charge in [0, 0.05) is 42.2 Å². The van der Waals surface area contributed by atoms with E-state index in [9.17, 15) is 9.90 Å². The number of aromatic hydroxyl groups is 1.